The van der Waals surface area contributed by atoms with Gasteiger partial charge in [0.1, 0.15) is 23.8 Å². The molecule has 0 unspecified atom stereocenters. The number of fused-ring (bicyclic) bond motifs is 1. The lowest BCUT2D eigenvalue weighted by Crippen LogP contribution is -2.50. The minimum atomic E-state index is -0.459. The first-order valence-electron chi connectivity index (χ1n) is 10.8. The van der Waals surface area contributed by atoms with Crippen LogP contribution in [0.1, 0.15) is 20.8 Å². The van der Waals surface area contributed by atoms with Crippen LogP contribution in [0.5, 0.6) is 5.75 Å². The highest BCUT2D eigenvalue weighted by Crippen LogP contribution is 2.24. The third kappa shape index (κ3) is 5.55. The van der Waals surface area contributed by atoms with Crippen LogP contribution in [0.3, 0.4) is 0 Å². The second-order valence-corrected chi connectivity index (χ2v) is 8.79. The van der Waals surface area contributed by atoms with Gasteiger partial charge in [-0.05, 0) is 45.0 Å². The zero-order chi connectivity index (χ0) is 21.8. The summed E-state index contributed by atoms with van der Waals surface area (Å²) in [6.45, 7) is 10.1. The molecule has 0 radical (unpaired) electrons. The molecule has 1 fully saturated rings. The van der Waals surface area contributed by atoms with Crippen molar-refractivity contribution in [2.45, 2.75) is 26.4 Å². The first-order chi connectivity index (χ1) is 14.9. The molecular formula is C24H30N4O3. The fourth-order valence-corrected chi connectivity index (χ4v) is 3.60. The Morgan fingerprint density at radius 1 is 1.06 bits per heavy atom. The molecule has 0 saturated carbocycles. The number of rotatable bonds is 5. The summed E-state index contributed by atoms with van der Waals surface area (Å²) in [5.41, 5.74) is 2.52. The van der Waals surface area contributed by atoms with Gasteiger partial charge in [0.05, 0.1) is 11.0 Å². The summed E-state index contributed by atoms with van der Waals surface area (Å²) in [4.78, 5) is 24.3. The molecule has 1 aromatic heterocycles. The number of benzene rings is 2. The number of imidazole rings is 1. The van der Waals surface area contributed by atoms with Crippen LogP contribution in [-0.2, 0) is 4.74 Å². The second kappa shape index (κ2) is 8.98. The highest BCUT2D eigenvalue weighted by molar-refractivity contribution is 5.79. The fourth-order valence-electron chi connectivity index (χ4n) is 3.60. The first kappa shape index (κ1) is 21.2. The Balaban J connectivity index is 1.26. The molecule has 0 bridgehead atoms. The molecule has 0 atom stereocenters. The predicted molar refractivity (Wildman–Crippen MR) is 121 cm³/mol. The molecule has 2 aromatic carbocycles. The van der Waals surface area contributed by atoms with Gasteiger partial charge in [0, 0.05) is 38.3 Å². The topological polar surface area (TPSA) is 70.7 Å². The monoisotopic (exact) mass is 422 g/mol. The molecule has 7 heteroatoms. The summed E-state index contributed by atoms with van der Waals surface area (Å²) < 4.78 is 11.5. The molecule has 1 N–H and O–H groups in total. The zero-order valence-corrected chi connectivity index (χ0v) is 18.4. The van der Waals surface area contributed by atoms with Crippen molar-refractivity contribution in [2.24, 2.45) is 0 Å². The average molecular weight is 423 g/mol. The van der Waals surface area contributed by atoms with E-state index in [1.807, 2.05) is 69.3 Å². The Morgan fingerprint density at radius 3 is 2.58 bits per heavy atom. The van der Waals surface area contributed by atoms with Crippen LogP contribution in [0, 0.1) is 0 Å². The molecule has 1 amide bonds. The Kier molecular flexibility index (Phi) is 6.13. The van der Waals surface area contributed by atoms with Crippen molar-refractivity contribution >= 4 is 17.1 Å². The van der Waals surface area contributed by atoms with Gasteiger partial charge in [-0.3, -0.25) is 4.90 Å². The number of aromatic amines is 1. The minimum Gasteiger partial charge on any atom is -0.492 e. The molecule has 164 valence electrons. The number of nitrogens with zero attached hydrogens (tertiary/aromatic N) is 3. The third-order valence-corrected chi connectivity index (χ3v) is 5.20. The summed E-state index contributed by atoms with van der Waals surface area (Å²) in [5, 5.41) is 0. The van der Waals surface area contributed by atoms with E-state index in [0.717, 1.165) is 47.8 Å². The summed E-state index contributed by atoms with van der Waals surface area (Å²) in [5.74, 6) is 1.66. The number of para-hydroxylation sites is 2. The van der Waals surface area contributed by atoms with Gasteiger partial charge in [-0.15, -0.1) is 0 Å². The van der Waals surface area contributed by atoms with Crippen LogP contribution in [0.15, 0.2) is 48.5 Å². The summed E-state index contributed by atoms with van der Waals surface area (Å²) >= 11 is 0. The van der Waals surface area contributed by atoms with E-state index < -0.39 is 5.60 Å². The third-order valence-electron chi connectivity index (χ3n) is 5.20. The Morgan fingerprint density at radius 2 is 1.84 bits per heavy atom. The average Bonchev–Trinajstić information content (AvgIpc) is 3.18. The fraction of sp³-hybridized carbons (Fsp3) is 0.417. The standard InChI is InChI=1S/C24H30N4O3/c1-24(2,3)31-23(29)28-13-11-27(12-14-28)15-16-30-19-8-6-7-18(17-19)22-25-20-9-4-5-10-21(20)26-22/h4-10,17H,11-16H2,1-3H3,(H,25,26). The molecule has 1 aliphatic heterocycles. The lowest BCUT2D eigenvalue weighted by molar-refractivity contribution is 0.0137. The number of nitrogens with one attached hydrogen (secondary N) is 1. The van der Waals surface area contributed by atoms with Crippen molar-refractivity contribution in [3.05, 3.63) is 48.5 Å². The largest absolute Gasteiger partial charge is 0.492 e. The number of carbonyl (C=O) groups excluding carboxylic acids is 1. The van der Waals surface area contributed by atoms with Crippen LogP contribution < -0.4 is 4.74 Å². The lowest BCUT2D eigenvalue weighted by Gasteiger charge is -2.35. The van der Waals surface area contributed by atoms with E-state index in [9.17, 15) is 4.79 Å². The minimum absolute atomic E-state index is 0.231. The van der Waals surface area contributed by atoms with E-state index in [1.165, 1.54) is 0 Å². The molecule has 0 spiro atoms. The van der Waals surface area contributed by atoms with Gasteiger partial charge in [-0.2, -0.15) is 0 Å². The summed E-state index contributed by atoms with van der Waals surface area (Å²) in [7, 11) is 0. The molecule has 1 aliphatic rings. The molecule has 7 nitrogen and oxygen atoms in total. The maximum absolute atomic E-state index is 12.2. The van der Waals surface area contributed by atoms with E-state index in [-0.39, 0.29) is 6.09 Å². The molecule has 31 heavy (non-hydrogen) atoms. The summed E-state index contributed by atoms with van der Waals surface area (Å²) in [6.07, 6.45) is -0.231. The van der Waals surface area contributed by atoms with Crippen molar-refractivity contribution in [1.29, 1.82) is 0 Å². The zero-order valence-electron chi connectivity index (χ0n) is 18.4. The number of amides is 1. The highest BCUT2D eigenvalue weighted by Gasteiger charge is 2.25. The van der Waals surface area contributed by atoms with E-state index >= 15 is 0 Å². The van der Waals surface area contributed by atoms with Crippen LogP contribution in [0.2, 0.25) is 0 Å². The van der Waals surface area contributed by atoms with Gasteiger partial charge in [-0.25, -0.2) is 9.78 Å². The van der Waals surface area contributed by atoms with E-state index in [0.29, 0.717) is 19.7 Å². The molecule has 2 heterocycles. The number of carbonyl (C=O) groups is 1. The van der Waals surface area contributed by atoms with Crippen molar-refractivity contribution in [3.8, 4) is 17.1 Å². The van der Waals surface area contributed by atoms with E-state index in [4.69, 9.17) is 9.47 Å². The van der Waals surface area contributed by atoms with Gasteiger partial charge >= 0.3 is 6.09 Å². The SMILES string of the molecule is CC(C)(C)OC(=O)N1CCN(CCOc2cccc(-c3nc4ccccc4[nH]3)c2)CC1. The molecular weight excluding hydrogens is 392 g/mol. The van der Waals surface area contributed by atoms with Gasteiger partial charge in [0.15, 0.2) is 0 Å². The first-order valence-corrected chi connectivity index (χ1v) is 10.8. The smallest absolute Gasteiger partial charge is 0.410 e. The van der Waals surface area contributed by atoms with Gasteiger partial charge in [0.25, 0.3) is 0 Å². The number of aromatic nitrogens is 2. The van der Waals surface area contributed by atoms with Crippen LogP contribution in [-0.4, -0.2) is 70.8 Å². The highest BCUT2D eigenvalue weighted by atomic mass is 16.6. The van der Waals surface area contributed by atoms with E-state index in [2.05, 4.69) is 14.9 Å². The molecule has 0 aliphatic carbocycles. The molecule has 3 aromatic rings. The van der Waals surface area contributed by atoms with Crippen LogP contribution in [0.25, 0.3) is 22.4 Å². The Bertz CT molecular complexity index is 999. The number of hydrogen-bond donors (Lipinski definition) is 1. The van der Waals surface area contributed by atoms with Crippen molar-refractivity contribution < 1.29 is 14.3 Å². The lowest BCUT2D eigenvalue weighted by atomic mass is 10.2. The number of piperazine rings is 1. The quantitative estimate of drug-likeness (QED) is 0.669. The van der Waals surface area contributed by atoms with Gasteiger partial charge in [0.2, 0.25) is 0 Å². The van der Waals surface area contributed by atoms with Gasteiger partial charge < -0.3 is 19.4 Å². The van der Waals surface area contributed by atoms with Crippen LogP contribution >= 0.6 is 0 Å². The maximum atomic E-state index is 12.2. The maximum Gasteiger partial charge on any atom is 0.410 e. The normalized spacial score (nSPS) is 15.3. The van der Waals surface area contributed by atoms with Crippen molar-refractivity contribution in [1.82, 2.24) is 19.8 Å². The Hall–Kier alpha value is -3.06. The molecule has 1 saturated heterocycles. The van der Waals surface area contributed by atoms with E-state index in [1.54, 1.807) is 4.90 Å². The van der Waals surface area contributed by atoms with Crippen molar-refractivity contribution in [3.63, 3.8) is 0 Å². The number of hydrogen-bond acceptors (Lipinski definition) is 5. The van der Waals surface area contributed by atoms with Crippen molar-refractivity contribution in [2.75, 3.05) is 39.3 Å². The number of ether oxygens (including phenoxy) is 2. The summed E-state index contributed by atoms with van der Waals surface area (Å²) in [6, 6.07) is 16.0. The molecule has 4 rings (SSSR count). The number of H-pyrrole nitrogens is 1. The van der Waals surface area contributed by atoms with Gasteiger partial charge in [-0.1, -0.05) is 24.3 Å². The Labute approximate surface area is 183 Å². The van der Waals surface area contributed by atoms with Crippen LogP contribution in [0.4, 0.5) is 4.79 Å². The predicted octanol–water partition coefficient (Wildman–Crippen LogP) is 4.16. The second-order valence-electron chi connectivity index (χ2n) is 8.79.